The number of nitrogens with two attached hydrogens (primary N) is 1. The van der Waals surface area contributed by atoms with Crippen molar-refractivity contribution < 1.29 is 17.9 Å². The van der Waals surface area contributed by atoms with Gasteiger partial charge >= 0.3 is 6.09 Å². The number of benzene rings is 1. The fraction of sp³-hybridized carbons (Fsp3) is 0.562. The number of amides is 1. The van der Waals surface area contributed by atoms with E-state index in [9.17, 15) is 13.2 Å². The normalized spacial score (nSPS) is 11.2. The topological polar surface area (TPSA) is 92.9 Å². The van der Waals surface area contributed by atoms with Crippen LogP contribution in [0, 0.1) is 6.92 Å². The van der Waals surface area contributed by atoms with Gasteiger partial charge in [0.05, 0.1) is 11.4 Å². The number of ether oxygens (including phenoxy) is 1. The third kappa shape index (κ3) is 5.38. The summed E-state index contributed by atoms with van der Waals surface area (Å²) in [6.45, 7) is 9.11. The Hall–Kier alpha value is -1.80. The van der Waals surface area contributed by atoms with Crippen LogP contribution in [-0.2, 0) is 14.6 Å². The molecule has 0 fully saturated rings. The highest BCUT2D eigenvalue weighted by molar-refractivity contribution is 7.91. The lowest BCUT2D eigenvalue weighted by molar-refractivity contribution is 0.160. The maximum atomic E-state index is 12.0. The molecule has 0 heterocycles. The lowest BCUT2D eigenvalue weighted by atomic mass is 10.1. The van der Waals surface area contributed by atoms with Gasteiger partial charge in [0.25, 0.3) is 0 Å². The van der Waals surface area contributed by atoms with Gasteiger partial charge in [-0.2, -0.15) is 0 Å². The van der Waals surface area contributed by atoms with Gasteiger partial charge in [0.2, 0.25) is 0 Å². The third-order valence-electron chi connectivity index (χ3n) is 3.82. The highest BCUT2D eigenvalue weighted by Crippen LogP contribution is 2.24. The number of carbonyl (C=O) groups excluding carboxylic acids is 1. The van der Waals surface area contributed by atoms with E-state index in [0.717, 1.165) is 29.3 Å². The fourth-order valence-electron chi connectivity index (χ4n) is 2.26. The van der Waals surface area contributed by atoms with Crippen LogP contribution in [0.5, 0.6) is 0 Å². The molecular weight excluding hydrogens is 330 g/mol. The molecule has 136 valence electrons. The molecule has 0 aliphatic carbocycles. The Kier molecular flexibility index (Phi) is 7.50. The van der Waals surface area contributed by atoms with Crippen LogP contribution in [0.25, 0.3) is 0 Å². The molecule has 0 atom stereocenters. The van der Waals surface area contributed by atoms with Gasteiger partial charge in [0.15, 0.2) is 9.84 Å². The van der Waals surface area contributed by atoms with E-state index in [1.807, 2.05) is 19.1 Å². The summed E-state index contributed by atoms with van der Waals surface area (Å²) < 4.78 is 27.7. The van der Waals surface area contributed by atoms with Crippen molar-refractivity contribution in [3.8, 4) is 0 Å². The number of hydrogen-bond donors (Lipinski definition) is 1. The first-order valence-electron chi connectivity index (χ1n) is 8.03. The smallest absolute Gasteiger partial charge is 0.428 e. The van der Waals surface area contributed by atoms with E-state index in [1.165, 1.54) is 0 Å². The number of aryl methyl sites for hydroxylation is 1. The monoisotopic (exact) mass is 357 g/mol. The van der Waals surface area contributed by atoms with Crippen LogP contribution in [0.2, 0.25) is 0 Å². The molecule has 1 aromatic rings. The molecule has 0 saturated heterocycles. The zero-order chi connectivity index (χ0) is 18.3. The minimum absolute atomic E-state index is 0.0167. The second kappa shape index (κ2) is 8.89. The van der Waals surface area contributed by atoms with Crippen molar-refractivity contribution in [1.82, 2.24) is 0 Å². The molecule has 1 amide bonds. The zero-order valence-corrected chi connectivity index (χ0v) is 15.6. The number of nitrogens with zero attached hydrogens (tertiary/aromatic N) is 2. The Morgan fingerprint density at radius 3 is 2.33 bits per heavy atom. The molecule has 0 aromatic heterocycles. The third-order valence-corrected chi connectivity index (χ3v) is 5.49. The van der Waals surface area contributed by atoms with Crippen LogP contribution in [0.3, 0.4) is 0 Å². The Morgan fingerprint density at radius 2 is 1.83 bits per heavy atom. The van der Waals surface area contributed by atoms with Gasteiger partial charge in [-0.15, -0.1) is 0 Å². The van der Waals surface area contributed by atoms with Gasteiger partial charge in [0, 0.05) is 24.5 Å². The van der Waals surface area contributed by atoms with E-state index in [1.54, 1.807) is 13.0 Å². The second-order valence-electron chi connectivity index (χ2n) is 5.36. The highest BCUT2D eigenvalue weighted by Gasteiger charge is 2.17. The maximum absolute atomic E-state index is 12.0. The SMILES string of the molecule is CCN(CC)c1ccc(N(N)C(=O)OCCS(=O)(=O)CC)c(C)c1. The fourth-order valence-corrected chi connectivity index (χ4v) is 2.89. The van der Waals surface area contributed by atoms with Crippen molar-refractivity contribution in [3.05, 3.63) is 23.8 Å². The van der Waals surface area contributed by atoms with E-state index in [2.05, 4.69) is 18.7 Å². The van der Waals surface area contributed by atoms with E-state index in [4.69, 9.17) is 10.6 Å². The van der Waals surface area contributed by atoms with Gasteiger partial charge in [-0.05, 0) is 44.5 Å². The number of anilines is 2. The number of hydrogen-bond acceptors (Lipinski definition) is 6. The van der Waals surface area contributed by atoms with Gasteiger partial charge in [-0.25, -0.2) is 24.1 Å². The molecule has 1 rings (SSSR count). The van der Waals surface area contributed by atoms with Crippen molar-refractivity contribution in [3.63, 3.8) is 0 Å². The molecule has 7 nitrogen and oxygen atoms in total. The van der Waals surface area contributed by atoms with Gasteiger partial charge < -0.3 is 9.64 Å². The summed E-state index contributed by atoms with van der Waals surface area (Å²) >= 11 is 0. The van der Waals surface area contributed by atoms with Gasteiger partial charge in [0.1, 0.15) is 6.61 Å². The molecule has 2 N–H and O–H groups in total. The number of rotatable bonds is 8. The van der Waals surface area contributed by atoms with E-state index >= 15 is 0 Å². The first-order valence-corrected chi connectivity index (χ1v) is 9.85. The number of sulfone groups is 1. The van der Waals surface area contributed by atoms with Gasteiger partial charge in [-0.1, -0.05) is 6.92 Å². The maximum Gasteiger partial charge on any atom is 0.428 e. The van der Waals surface area contributed by atoms with Gasteiger partial charge in [-0.3, -0.25) is 0 Å². The Balaban J connectivity index is 2.76. The molecule has 0 saturated carbocycles. The predicted molar refractivity (Wildman–Crippen MR) is 97.1 cm³/mol. The molecule has 0 spiro atoms. The summed E-state index contributed by atoms with van der Waals surface area (Å²) in [6.07, 6.45) is -0.778. The lowest BCUT2D eigenvalue weighted by Gasteiger charge is -2.24. The largest absolute Gasteiger partial charge is 0.447 e. The average Bonchev–Trinajstić information content (AvgIpc) is 2.55. The van der Waals surface area contributed by atoms with E-state index in [-0.39, 0.29) is 18.1 Å². The Morgan fingerprint density at radius 1 is 1.21 bits per heavy atom. The van der Waals surface area contributed by atoms with Crippen molar-refractivity contribution in [2.45, 2.75) is 27.7 Å². The molecule has 24 heavy (non-hydrogen) atoms. The summed E-state index contributed by atoms with van der Waals surface area (Å²) in [5, 5.41) is 0.903. The highest BCUT2D eigenvalue weighted by atomic mass is 32.2. The van der Waals surface area contributed by atoms with Crippen LogP contribution in [0.1, 0.15) is 26.3 Å². The first-order chi connectivity index (χ1) is 11.3. The number of carbonyl (C=O) groups is 1. The number of hydrazine groups is 1. The zero-order valence-electron chi connectivity index (χ0n) is 14.8. The molecular formula is C16H27N3O4S. The summed E-state index contributed by atoms with van der Waals surface area (Å²) in [7, 11) is -3.18. The summed E-state index contributed by atoms with van der Waals surface area (Å²) in [5.74, 6) is 5.62. The standard InChI is InChI=1S/C16H27N3O4S/c1-5-18(6-2)14-8-9-15(13(4)12-14)19(17)16(20)23-10-11-24(21,22)7-3/h8-9,12H,5-7,10-11,17H2,1-4H3. The van der Waals surface area contributed by atoms with Crippen LogP contribution >= 0.6 is 0 Å². The van der Waals surface area contributed by atoms with Crippen LogP contribution in [-0.4, -0.2) is 45.7 Å². The van der Waals surface area contributed by atoms with E-state index < -0.39 is 15.9 Å². The molecule has 0 aliphatic rings. The van der Waals surface area contributed by atoms with Crippen molar-refractivity contribution >= 4 is 27.3 Å². The molecule has 1 aromatic carbocycles. The lowest BCUT2D eigenvalue weighted by Crippen LogP contribution is -2.39. The average molecular weight is 357 g/mol. The molecule has 8 heteroatoms. The quantitative estimate of drug-likeness (QED) is 0.435. The van der Waals surface area contributed by atoms with E-state index in [0.29, 0.717) is 5.69 Å². The van der Waals surface area contributed by atoms with Crippen LogP contribution < -0.4 is 15.8 Å². The summed E-state index contributed by atoms with van der Waals surface area (Å²) in [4.78, 5) is 14.2. The summed E-state index contributed by atoms with van der Waals surface area (Å²) in [5.41, 5.74) is 2.41. The second-order valence-corrected chi connectivity index (χ2v) is 7.84. The molecule has 0 unspecified atom stereocenters. The molecule has 0 aliphatic heterocycles. The molecule has 0 bridgehead atoms. The van der Waals surface area contributed by atoms with Crippen LogP contribution in [0.4, 0.5) is 16.2 Å². The summed E-state index contributed by atoms with van der Waals surface area (Å²) in [6, 6.07) is 5.61. The van der Waals surface area contributed by atoms with Crippen molar-refractivity contribution in [2.75, 3.05) is 41.1 Å². The Labute approximate surface area is 144 Å². The first kappa shape index (κ1) is 20.2. The van der Waals surface area contributed by atoms with Crippen molar-refractivity contribution in [2.24, 2.45) is 5.84 Å². The minimum Gasteiger partial charge on any atom is -0.447 e. The minimum atomic E-state index is -3.18. The van der Waals surface area contributed by atoms with Crippen molar-refractivity contribution in [1.29, 1.82) is 0 Å². The molecule has 0 radical (unpaired) electrons. The Bertz CT molecular complexity index is 657. The van der Waals surface area contributed by atoms with Crippen LogP contribution in [0.15, 0.2) is 18.2 Å². The predicted octanol–water partition coefficient (Wildman–Crippen LogP) is 2.09.